The van der Waals surface area contributed by atoms with Crippen LogP contribution in [0, 0.1) is 0 Å². The van der Waals surface area contributed by atoms with Gasteiger partial charge in [0.15, 0.2) is 0 Å². The van der Waals surface area contributed by atoms with Gasteiger partial charge in [-0.1, -0.05) is 18.2 Å². The van der Waals surface area contributed by atoms with Crippen molar-refractivity contribution in [2.24, 2.45) is 0 Å². The monoisotopic (exact) mass is 278 g/mol. The molecular weight excluding hydrogens is 256 g/mol. The predicted octanol–water partition coefficient (Wildman–Crippen LogP) is 2.38. The lowest BCUT2D eigenvalue weighted by Gasteiger charge is -2.20. The maximum absolute atomic E-state index is 11.9. The van der Waals surface area contributed by atoms with Crippen LogP contribution in [0.1, 0.15) is 19.8 Å². The molecule has 0 spiro atoms. The molecular formula is C15H22N2OS. The SMILES string of the molecule is CCN(C(=O)CNCCSc1ccccc1)C1CC1. The highest BCUT2D eigenvalue weighted by molar-refractivity contribution is 7.99. The summed E-state index contributed by atoms with van der Waals surface area (Å²) >= 11 is 1.82. The Hall–Kier alpha value is -1.00. The first-order valence-electron chi connectivity index (χ1n) is 6.99. The minimum absolute atomic E-state index is 0.245. The van der Waals surface area contributed by atoms with E-state index in [-0.39, 0.29) is 5.91 Å². The second kappa shape index (κ2) is 7.56. The van der Waals surface area contributed by atoms with Crippen molar-refractivity contribution in [2.45, 2.75) is 30.7 Å². The molecule has 0 saturated heterocycles. The van der Waals surface area contributed by atoms with Crippen molar-refractivity contribution in [2.75, 3.05) is 25.4 Å². The Morgan fingerprint density at radius 1 is 1.37 bits per heavy atom. The van der Waals surface area contributed by atoms with Gasteiger partial charge in [-0.25, -0.2) is 0 Å². The van der Waals surface area contributed by atoms with E-state index in [2.05, 4.69) is 24.4 Å². The first-order valence-corrected chi connectivity index (χ1v) is 7.98. The topological polar surface area (TPSA) is 32.3 Å². The summed E-state index contributed by atoms with van der Waals surface area (Å²) in [7, 11) is 0. The van der Waals surface area contributed by atoms with E-state index < -0.39 is 0 Å². The van der Waals surface area contributed by atoms with E-state index in [0.717, 1.165) is 18.8 Å². The van der Waals surface area contributed by atoms with Gasteiger partial charge in [-0.15, -0.1) is 11.8 Å². The fourth-order valence-electron chi connectivity index (χ4n) is 2.08. The van der Waals surface area contributed by atoms with Gasteiger partial charge in [-0.05, 0) is 31.9 Å². The molecule has 1 saturated carbocycles. The molecule has 0 radical (unpaired) electrons. The third-order valence-electron chi connectivity index (χ3n) is 3.22. The standard InChI is InChI=1S/C15H22N2OS/c1-2-17(13-8-9-13)15(18)12-16-10-11-19-14-6-4-3-5-7-14/h3-7,13,16H,2,8-12H2,1H3. The fourth-order valence-corrected chi connectivity index (χ4v) is 2.91. The molecule has 1 aliphatic rings. The molecule has 1 N–H and O–H groups in total. The molecule has 104 valence electrons. The molecule has 2 rings (SSSR count). The molecule has 19 heavy (non-hydrogen) atoms. The third kappa shape index (κ3) is 4.88. The van der Waals surface area contributed by atoms with Gasteiger partial charge in [0.1, 0.15) is 0 Å². The summed E-state index contributed by atoms with van der Waals surface area (Å²) < 4.78 is 0. The van der Waals surface area contributed by atoms with Crippen LogP contribution in [0.25, 0.3) is 0 Å². The third-order valence-corrected chi connectivity index (χ3v) is 4.23. The van der Waals surface area contributed by atoms with Gasteiger partial charge >= 0.3 is 0 Å². The number of likely N-dealkylation sites (N-methyl/N-ethyl adjacent to an activating group) is 1. The zero-order valence-corrected chi connectivity index (χ0v) is 12.3. The van der Waals surface area contributed by atoms with Gasteiger partial charge in [0.25, 0.3) is 0 Å². The van der Waals surface area contributed by atoms with Crippen molar-refractivity contribution >= 4 is 17.7 Å². The summed E-state index contributed by atoms with van der Waals surface area (Å²) in [5.74, 6) is 1.24. The summed E-state index contributed by atoms with van der Waals surface area (Å²) in [6, 6.07) is 10.9. The first-order chi connectivity index (χ1) is 9.31. The van der Waals surface area contributed by atoms with Crippen LogP contribution in [-0.2, 0) is 4.79 Å². The van der Waals surface area contributed by atoms with E-state index in [9.17, 15) is 4.79 Å². The van der Waals surface area contributed by atoms with E-state index >= 15 is 0 Å². The number of amides is 1. The second-order valence-electron chi connectivity index (χ2n) is 4.75. The van der Waals surface area contributed by atoms with E-state index in [1.807, 2.05) is 34.9 Å². The molecule has 0 unspecified atom stereocenters. The number of nitrogens with zero attached hydrogens (tertiary/aromatic N) is 1. The lowest BCUT2D eigenvalue weighted by molar-refractivity contribution is -0.130. The van der Waals surface area contributed by atoms with Crippen LogP contribution in [0.5, 0.6) is 0 Å². The van der Waals surface area contributed by atoms with Crippen molar-refractivity contribution in [3.63, 3.8) is 0 Å². The van der Waals surface area contributed by atoms with Gasteiger partial charge in [0, 0.05) is 29.8 Å². The van der Waals surface area contributed by atoms with Gasteiger partial charge in [0.2, 0.25) is 5.91 Å². The molecule has 0 heterocycles. The van der Waals surface area contributed by atoms with E-state index in [4.69, 9.17) is 0 Å². The zero-order valence-electron chi connectivity index (χ0n) is 11.5. The van der Waals surface area contributed by atoms with E-state index in [0.29, 0.717) is 12.6 Å². The highest BCUT2D eigenvalue weighted by Gasteiger charge is 2.30. The number of nitrogens with one attached hydrogen (secondary N) is 1. The molecule has 1 aliphatic carbocycles. The van der Waals surface area contributed by atoms with Crippen molar-refractivity contribution in [1.29, 1.82) is 0 Å². The van der Waals surface area contributed by atoms with Gasteiger partial charge in [-0.2, -0.15) is 0 Å². The number of carbonyl (C=O) groups excluding carboxylic acids is 1. The molecule has 4 heteroatoms. The van der Waals surface area contributed by atoms with Crippen LogP contribution in [0.3, 0.4) is 0 Å². The van der Waals surface area contributed by atoms with Crippen molar-refractivity contribution in [3.8, 4) is 0 Å². The van der Waals surface area contributed by atoms with Gasteiger partial charge in [0.05, 0.1) is 6.54 Å². The average molecular weight is 278 g/mol. The van der Waals surface area contributed by atoms with Gasteiger partial charge < -0.3 is 10.2 Å². The Kier molecular flexibility index (Phi) is 5.73. The molecule has 0 aromatic heterocycles. The first kappa shape index (κ1) is 14.4. The molecule has 1 fully saturated rings. The summed E-state index contributed by atoms with van der Waals surface area (Å²) in [4.78, 5) is 15.2. The summed E-state index contributed by atoms with van der Waals surface area (Å²) in [5.41, 5.74) is 0. The summed E-state index contributed by atoms with van der Waals surface area (Å²) in [6.45, 7) is 4.23. The molecule has 1 amide bonds. The van der Waals surface area contributed by atoms with Crippen molar-refractivity contribution in [3.05, 3.63) is 30.3 Å². The number of carbonyl (C=O) groups is 1. The fraction of sp³-hybridized carbons (Fsp3) is 0.533. The Balaban J connectivity index is 1.57. The Labute approximate surface area is 119 Å². The Bertz CT molecular complexity index is 392. The predicted molar refractivity (Wildman–Crippen MR) is 80.4 cm³/mol. The molecule has 0 atom stereocenters. The van der Waals surface area contributed by atoms with Crippen molar-refractivity contribution in [1.82, 2.24) is 10.2 Å². The summed E-state index contributed by atoms with van der Waals surface area (Å²) in [6.07, 6.45) is 2.37. The van der Waals surface area contributed by atoms with Crippen LogP contribution >= 0.6 is 11.8 Å². The van der Waals surface area contributed by atoms with E-state index in [1.54, 1.807) is 0 Å². The number of rotatable bonds is 8. The smallest absolute Gasteiger partial charge is 0.236 e. The van der Waals surface area contributed by atoms with Crippen LogP contribution in [0.15, 0.2) is 35.2 Å². The van der Waals surface area contributed by atoms with E-state index in [1.165, 1.54) is 17.7 Å². The molecule has 0 aliphatic heterocycles. The quantitative estimate of drug-likeness (QED) is 0.585. The number of benzene rings is 1. The summed E-state index contributed by atoms with van der Waals surface area (Å²) in [5, 5.41) is 3.24. The lowest BCUT2D eigenvalue weighted by atomic mass is 10.4. The van der Waals surface area contributed by atoms with Crippen LogP contribution < -0.4 is 5.32 Å². The number of thioether (sulfide) groups is 1. The largest absolute Gasteiger partial charge is 0.339 e. The highest BCUT2D eigenvalue weighted by Crippen LogP contribution is 2.26. The Morgan fingerprint density at radius 2 is 2.11 bits per heavy atom. The number of hydrogen-bond donors (Lipinski definition) is 1. The van der Waals surface area contributed by atoms with Crippen LogP contribution in [0.4, 0.5) is 0 Å². The van der Waals surface area contributed by atoms with Crippen LogP contribution in [-0.4, -0.2) is 42.2 Å². The number of hydrogen-bond acceptors (Lipinski definition) is 3. The second-order valence-corrected chi connectivity index (χ2v) is 5.92. The minimum Gasteiger partial charge on any atom is -0.339 e. The average Bonchev–Trinajstić information content (AvgIpc) is 3.25. The molecule has 1 aromatic rings. The molecule has 0 bridgehead atoms. The Morgan fingerprint density at radius 3 is 2.74 bits per heavy atom. The normalized spacial score (nSPS) is 14.4. The maximum atomic E-state index is 11.9. The van der Waals surface area contributed by atoms with Crippen molar-refractivity contribution < 1.29 is 4.79 Å². The molecule has 3 nitrogen and oxygen atoms in total. The minimum atomic E-state index is 0.245. The lowest BCUT2D eigenvalue weighted by Crippen LogP contribution is -2.39. The highest BCUT2D eigenvalue weighted by atomic mass is 32.2. The van der Waals surface area contributed by atoms with Crippen LogP contribution in [0.2, 0.25) is 0 Å². The molecule has 1 aromatic carbocycles. The zero-order chi connectivity index (χ0) is 13.5. The van der Waals surface area contributed by atoms with Gasteiger partial charge in [-0.3, -0.25) is 4.79 Å². The maximum Gasteiger partial charge on any atom is 0.236 e.